The summed E-state index contributed by atoms with van der Waals surface area (Å²) >= 11 is 0. The van der Waals surface area contributed by atoms with Crippen molar-refractivity contribution in [1.82, 2.24) is 4.90 Å². The maximum absolute atomic E-state index is 12.7. The van der Waals surface area contributed by atoms with Crippen LogP contribution in [0.15, 0.2) is 24.3 Å². The summed E-state index contributed by atoms with van der Waals surface area (Å²) in [6.07, 6.45) is 3.50. The zero-order valence-corrected chi connectivity index (χ0v) is 13.4. The van der Waals surface area contributed by atoms with Crippen molar-refractivity contribution in [2.45, 2.75) is 25.7 Å². The van der Waals surface area contributed by atoms with Crippen molar-refractivity contribution in [3.05, 3.63) is 24.3 Å². The van der Waals surface area contributed by atoms with Crippen LogP contribution in [0.3, 0.4) is 0 Å². The summed E-state index contributed by atoms with van der Waals surface area (Å²) in [5.74, 6) is -0.331. The van der Waals surface area contributed by atoms with Gasteiger partial charge in [0.15, 0.2) is 0 Å². The molecule has 4 rings (SSSR count). The molecule has 6 heteroatoms. The number of likely N-dealkylation sites (tertiary alicyclic amines) is 1. The summed E-state index contributed by atoms with van der Waals surface area (Å²) in [4.78, 5) is 40.6. The molecule has 1 aromatic carbocycles. The molecule has 1 aromatic rings. The third kappa shape index (κ3) is 2.37. The van der Waals surface area contributed by atoms with Gasteiger partial charge in [-0.3, -0.25) is 19.3 Å². The standard InChI is InChI=1S/C18H20N2O4/c21-16(19-9-10-24-15-8-4-3-7-14(15)19)11-20-17(22)12-5-1-2-6-13(12)18(20)23/h3-4,7-8,12-13H,1-2,5-6,9-11H2. The fourth-order valence-corrected chi connectivity index (χ4v) is 4.04. The van der Waals surface area contributed by atoms with E-state index in [1.807, 2.05) is 24.3 Å². The van der Waals surface area contributed by atoms with Crippen molar-refractivity contribution in [2.24, 2.45) is 11.8 Å². The van der Waals surface area contributed by atoms with Crippen LogP contribution in [0.25, 0.3) is 0 Å². The second-order valence-corrected chi connectivity index (χ2v) is 6.62. The van der Waals surface area contributed by atoms with Gasteiger partial charge >= 0.3 is 0 Å². The molecule has 6 nitrogen and oxygen atoms in total. The maximum atomic E-state index is 12.7. The van der Waals surface area contributed by atoms with E-state index in [1.54, 1.807) is 4.90 Å². The Hall–Kier alpha value is -2.37. The van der Waals surface area contributed by atoms with Crippen LogP contribution in [0.2, 0.25) is 0 Å². The zero-order chi connectivity index (χ0) is 16.7. The van der Waals surface area contributed by atoms with E-state index in [0.29, 0.717) is 24.6 Å². The number of para-hydroxylation sites is 2. The SMILES string of the molecule is O=C1C2CCCCC2C(=O)N1CC(=O)N1CCOc2ccccc21. The number of amides is 3. The summed E-state index contributed by atoms with van der Waals surface area (Å²) in [5.41, 5.74) is 0.699. The van der Waals surface area contributed by atoms with Gasteiger partial charge in [-0.15, -0.1) is 0 Å². The Morgan fingerprint density at radius 2 is 1.75 bits per heavy atom. The van der Waals surface area contributed by atoms with Crippen molar-refractivity contribution in [1.29, 1.82) is 0 Å². The third-order valence-electron chi connectivity index (χ3n) is 5.26. The van der Waals surface area contributed by atoms with E-state index in [4.69, 9.17) is 4.74 Å². The number of hydrogen-bond donors (Lipinski definition) is 0. The number of benzene rings is 1. The number of hydrogen-bond acceptors (Lipinski definition) is 4. The van der Waals surface area contributed by atoms with E-state index >= 15 is 0 Å². The summed E-state index contributed by atoms with van der Waals surface area (Å²) < 4.78 is 5.55. The van der Waals surface area contributed by atoms with Crippen LogP contribution < -0.4 is 9.64 Å². The molecule has 0 radical (unpaired) electrons. The summed E-state index contributed by atoms with van der Waals surface area (Å²) in [6.45, 7) is 0.674. The number of carbonyl (C=O) groups is 3. The Kier molecular flexibility index (Phi) is 3.75. The highest BCUT2D eigenvalue weighted by atomic mass is 16.5. The van der Waals surface area contributed by atoms with Gasteiger partial charge in [-0.05, 0) is 25.0 Å². The average molecular weight is 328 g/mol. The number of ether oxygens (including phenoxy) is 1. The number of nitrogens with zero attached hydrogens (tertiary/aromatic N) is 2. The fraction of sp³-hybridized carbons (Fsp3) is 0.500. The van der Waals surface area contributed by atoms with E-state index < -0.39 is 0 Å². The Bertz CT molecular complexity index is 678. The minimum absolute atomic E-state index is 0.167. The van der Waals surface area contributed by atoms with Crippen LogP contribution in [0.1, 0.15) is 25.7 Å². The van der Waals surface area contributed by atoms with Crippen LogP contribution in [-0.2, 0) is 14.4 Å². The zero-order valence-electron chi connectivity index (χ0n) is 13.4. The quantitative estimate of drug-likeness (QED) is 0.773. The van der Waals surface area contributed by atoms with Crippen LogP contribution in [0, 0.1) is 11.8 Å². The van der Waals surface area contributed by atoms with Crippen molar-refractivity contribution < 1.29 is 19.1 Å². The number of carbonyl (C=O) groups excluding carboxylic acids is 3. The fourth-order valence-electron chi connectivity index (χ4n) is 4.04. The molecule has 2 unspecified atom stereocenters. The number of fused-ring (bicyclic) bond motifs is 2. The molecular formula is C18H20N2O4. The van der Waals surface area contributed by atoms with E-state index in [0.717, 1.165) is 25.7 Å². The molecule has 1 saturated heterocycles. The largest absolute Gasteiger partial charge is 0.490 e. The molecule has 126 valence electrons. The molecule has 1 aliphatic carbocycles. The minimum Gasteiger partial charge on any atom is -0.490 e. The minimum atomic E-state index is -0.230. The van der Waals surface area contributed by atoms with Crippen molar-refractivity contribution >= 4 is 23.4 Å². The van der Waals surface area contributed by atoms with Crippen LogP contribution in [0.5, 0.6) is 5.75 Å². The molecule has 24 heavy (non-hydrogen) atoms. The first-order valence-corrected chi connectivity index (χ1v) is 8.54. The first-order chi connectivity index (χ1) is 11.7. The van der Waals surface area contributed by atoms with Crippen LogP contribution in [0.4, 0.5) is 5.69 Å². The van der Waals surface area contributed by atoms with Gasteiger partial charge in [-0.25, -0.2) is 0 Å². The lowest BCUT2D eigenvalue weighted by Gasteiger charge is -2.30. The molecule has 2 aliphatic heterocycles. The van der Waals surface area contributed by atoms with Gasteiger partial charge in [-0.2, -0.15) is 0 Å². The topological polar surface area (TPSA) is 66.9 Å². The molecule has 2 heterocycles. The van der Waals surface area contributed by atoms with Gasteiger partial charge in [-0.1, -0.05) is 25.0 Å². The van der Waals surface area contributed by atoms with Gasteiger partial charge in [0, 0.05) is 0 Å². The third-order valence-corrected chi connectivity index (χ3v) is 5.26. The number of rotatable bonds is 2. The molecule has 0 N–H and O–H groups in total. The Morgan fingerprint density at radius 1 is 1.08 bits per heavy atom. The highest BCUT2D eigenvalue weighted by Gasteiger charge is 2.48. The Morgan fingerprint density at radius 3 is 2.46 bits per heavy atom. The number of anilines is 1. The molecule has 3 aliphatic rings. The van der Waals surface area contributed by atoms with Gasteiger partial charge in [0.05, 0.1) is 24.1 Å². The van der Waals surface area contributed by atoms with E-state index in [-0.39, 0.29) is 36.1 Å². The van der Waals surface area contributed by atoms with Crippen molar-refractivity contribution in [3.8, 4) is 5.75 Å². The lowest BCUT2D eigenvalue weighted by molar-refractivity contribution is -0.143. The van der Waals surface area contributed by atoms with E-state index in [2.05, 4.69) is 0 Å². The van der Waals surface area contributed by atoms with Crippen LogP contribution >= 0.6 is 0 Å². The smallest absolute Gasteiger partial charge is 0.247 e. The van der Waals surface area contributed by atoms with Crippen molar-refractivity contribution in [2.75, 3.05) is 24.6 Å². The second-order valence-electron chi connectivity index (χ2n) is 6.62. The molecule has 2 atom stereocenters. The van der Waals surface area contributed by atoms with Gasteiger partial charge < -0.3 is 9.64 Å². The lowest BCUT2D eigenvalue weighted by Crippen LogP contribution is -2.46. The molecule has 0 spiro atoms. The Labute approximate surface area is 140 Å². The molecule has 3 amide bonds. The van der Waals surface area contributed by atoms with E-state index in [1.165, 1.54) is 4.90 Å². The summed E-state index contributed by atoms with van der Waals surface area (Å²) in [7, 11) is 0. The Balaban J connectivity index is 1.53. The predicted molar refractivity (Wildman–Crippen MR) is 86.5 cm³/mol. The molecule has 2 fully saturated rings. The maximum Gasteiger partial charge on any atom is 0.247 e. The van der Waals surface area contributed by atoms with Gasteiger partial charge in [0.1, 0.15) is 18.9 Å². The van der Waals surface area contributed by atoms with Crippen molar-refractivity contribution in [3.63, 3.8) is 0 Å². The average Bonchev–Trinajstić information content (AvgIpc) is 2.86. The van der Waals surface area contributed by atoms with E-state index in [9.17, 15) is 14.4 Å². The second kappa shape index (κ2) is 5.92. The first kappa shape index (κ1) is 15.2. The first-order valence-electron chi connectivity index (χ1n) is 8.54. The summed E-state index contributed by atoms with van der Waals surface area (Å²) in [5, 5.41) is 0. The molecule has 1 saturated carbocycles. The monoisotopic (exact) mass is 328 g/mol. The molecular weight excluding hydrogens is 308 g/mol. The highest BCUT2D eigenvalue weighted by molar-refractivity contribution is 6.09. The predicted octanol–water partition coefficient (Wildman–Crippen LogP) is 1.59. The lowest BCUT2D eigenvalue weighted by atomic mass is 9.81. The normalized spacial score (nSPS) is 26.0. The number of imide groups is 1. The highest BCUT2D eigenvalue weighted by Crippen LogP contribution is 2.38. The molecule has 0 bridgehead atoms. The van der Waals surface area contributed by atoms with Crippen LogP contribution in [-0.4, -0.2) is 42.3 Å². The molecule has 0 aromatic heterocycles. The van der Waals surface area contributed by atoms with Gasteiger partial charge in [0.25, 0.3) is 0 Å². The summed E-state index contributed by atoms with van der Waals surface area (Å²) in [6, 6.07) is 7.33. The van der Waals surface area contributed by atoms with Gasteiger partial charge in [0.2, 0.25) is 17.7 Å².